The SMILES string of the molecule is CC[C@H]1CCCCN1C(=O)C1CCN(S(=O)(=O)c2c(C)noc2/C=C\c2ccc(OC)cc2)CC1. The van der Waals surface area contributed by atoms with Gasteiger partial charge in [-0.25, -0.2) is 8.42 Å². The van der Waals surface area contributed by atoms with Crippen molar-refractivity contribution < 1.29 is 22.5 Å². The first-order valence-electron chi connectivity index (χ1n) is 12.4. The van der Waals surface area contributed by atoms with Gasteiger partial charge in [0.15, 0.2) is 10.7 Å². The molecule has 35 heavy (non-hydrogen) atoms. The molecule has 4 rings (SSSR count). The Labute approximate surface area is 208 Å². The molecule has 0 saturated carbocycles. The van der Waals surface area contributed by atoms with Gasteiger partial charge >= 0.3 is 0 Å². The largest absolute Gasteiger partial charge is 0.497 e. The number of hydrogen-bond acceptors (Lipinski definition) is 6. The van der Waals surface area contributed by atoms with Crippen LogP contribution in [0.1, 0.15) is 62.5 Å². The molecule has 0 aliphatic carbocycles. The van der Waals surface area contributed by atoms with E-state index in [0.717, 1.165) is 37.1 Å². The molecule has 1 amide bonds. The Bertz CT molecular complexity index is 1150. The molecular weight excluding hydrogens is 466 g/mol. The van der Waals surface area contributed by atoms with Crippen molar-refractivity contribution >= 4 is 28.1 Å². The molecule has 2 aliphatic rings. The first kappa shape index (κ1) is 25.4. The number of methoxy groups -OCH3 is 1. The summed E-state index contributed by atoms with van der Waals surface area (Å²) in [5.41, 5.74) is 1.21. The molecule has 8 nitrogen and oxygen atoms in total. The Morgan fingerprint density at radius 3 is 2.49 bits per heavy atom. The summed E-state index contributed by atoms with van der Waals surface area (Å²) in [4.78, 5) is 15.3. The molecule has 1 atom stereocenters. The topological polar surface area (TPSA) is 93.0 Å². The third-order valence-electron chi connectivity index (χ3n) is 7.16. The van der Waals surface area contributed by atoms with Crippen molar-refractivity contribution in [3.8, 4) is 5.75 Å². The van der Waals surface area contributed by atoms with Gasteiger partial charge in [-0.05, 0) is 69.2 Å². The van der Waals surface area contributed by atoms with E-state index < -0.39 is 10.0 Å². The molecule has 0 N–H and O–H groups in total. The number of aryl methyl sites for hydroxylation is 1. The smallest absolute Gasteiger partial charge is 0.248 e. The Morgan fingerprint density at radius 2 is 1.83 bits per heavy atom. The predicted octanol–water partition coefficient (Wildman–Crippen LogP) is 4.35. The number of nitrogens with zero attached hydrogens (tertiary/aromatic N) is 3. The van der Waals surface area contributed by atoms with E-state index in [2.05, 4.69) is 12.1 Å². The fourth-order valence-corrected chi connectivity index (χ4v) is 6.83. The van der Waals surface area contributed by atoms with Gasteiger partial charge in [-0.15, -0.1) is 0 Å². The van der Waals surface area contributed by atoms with Crippen LogP contribution in [-0.2, 0) is 14.8 Å². The van der Waals surface area contributed by atoms with Crippen molar-refractivity contribution in [2.24, 2.45) is 5.92 Å². The number of carbonyl (C=O) groups excluding carboxylic acids is 1. The molecule has 0 radical (unpaired) electrons. The van der Waals surface area contributed by atoms with Crippen LogP contribution >= 0.6 is 0 Å². The minimum absolute atomic E-state index is 0.0918. The standard InChI is InChI=1S/C26H35N3O5S/c1-4-22-7-5-6-16-29(22)26(30)21-14-17-28(18-15-21)35(31,32)25-19(2)27-34-24(25)13-10-20-8-11-23(33-3)12-9-20/h8-13,21-22H,4-7,14-18H2,1-3H3/b13-10-/t22-/m0/s1. The Morgan fingerprint density at radius 1 is 1.11 bits per heavy atom. The van der Waals surface area contributed by atoms with Gasteiger partial charge in [-0.2, -0.15) is 4.31 Å². The number of rotatable bonds is 7. The lowest BCUT2D eigenvalue weighted by atomic mass is 9.92. The van der Waals surface area contributed by atoms with Crippen LogP contribution in [0.25, 0.3) is 12.2 Å². The summed E-state index contributed by atoms with van der Waals surface area (Å²) in [5, 5.41) is 3.93. The fraction of sp³-hybridized carbons (Fsp3) is 0.538. The minimum atomic E-state index is -3.80. The summed E-state index contributed by atoms with van der Waals surface area (Å²) in [6, 6.07) is 7.74. The van der Waals surface area contributed by atoms with E-state index in [1.165, 1.54) is 10.7 Å². The second-order valence-electron chi connectivity index (χ2n) is 9.34. The van der Waals surface area contributed by atoms with Gasteiger partial charge in [0.1, 0.15) is 11.4 Å². The summed E-state index contributed by atoms with van der Waals surface area (Å²) >= 11 is 0. The fourth-order valence-electron chi connectivity index (χ4n) is 5.11. The summed E-state index contributed by atoms with van der Waals surface area (Å²) in [6.07, 6.45) is 8.74. The van der Waals surface area contributed by atoms with Crippen molar-refractivity contribution in [2.45, 2.75) is 63.3 Å². The van der Waals surface area contributed by atoms with Crippen LogP contribution < -0.4 is 4.74 Å². The zero-order valence-electron chi connectivity index (χ0n) is 20.8. The summed E-state index contributed by atoms with van der Waals surface area (Å²) < 4.78 is 39.1. The second-order valence-corrected chi connectivity index (χ2v) is 11.2. The van der Waals surface area contributed by atoms with E-state index in [-0.39, 0.29) is 22.5 Å². The highest BCUT2D eigenvalue weighted by molar-refractivity contribution is 7.89. The number of hydrogen-bond donors (Lipinski definition) is 0. The van der Waals surface area contributed by atoms with Crippen LogP contribution in [0.2, 0.25) is 0 Å². The molecule has 2 aliphatic heterocycles. The third-order valence-corrected chi connectivity index (χ3v) is 9.22. The van der Waals surface area contributed by atoms with Crippen LogP contribution in [0.15, 0.2) is 33.7 Å². The molecule has 2 aromatic rings. The zero-order chi connectivity index (χ0) is 25.0. The van der Waals surface area contributed by atoms with Crippen molar-refractivity contribution in [3.05, 3.63) is 41.3 Å². The molecule has 9 heteroatoms. The third kappa shape index (κ3) is 5.46. The molecule has 190 valence electrons. The number of aromatic nitrogens is 1. The summed E-state index contributed by atoms with van der Waals surface area (Å²) in [7, 11) is -2.20. The molecule has 0 unspecified atom stereocenters. The van der Waals surface area contributed by atoms with E-state index >= 15 is 0 Å². The first-order valence-corrected chi connectivity index (χ1v) is 13.9. The summed E-state index contributed by atoms with van der Waals surface area (Å²) in [6.45, 7) is 5.22. The van der Waals surface area contributed by atoms with Gasteiger partial charge in [-0.3, -0.25) is 4.79 Å². The van der Waals surface area contributed by atoms with Crippen molar-refractivity contribution in [1.29, 1.82) is 0 Å². The summed E-state index contributed by atoms with van der Waals surface area (Å²) in [5.74, 6) is 1.02. The van der Waals surface area contributed by atoms with E-state index in [4.69, 9.17) is 9.26 Å². The van der Waals surface area contributed by atoms with E-state index in [1.807, 2.05) is 29.2 Å². The monoisotopic (exact) mass is 501 g/mol. The lowest BCUT2D eigenvalue weighted by Gasteiger charge is -2.39. The molecule has 1 aromatic heterocycles. The number of amides is 1. The molecule has 0 bridgehead atoms. The van der Waals surface area contributed by atoms with Gasteiger partial charge in [0.25, 0.3) is 0 Å². The highest BCUT2D eigenvalue weighted by Gasteiger charge is 2.38. The van der Waals surface area contributed by atoms with Gasteiger partial charge in [0.05, 0.1) is 7.11 Å². The molecule has 3 heterocycles. The number of benzene rings is 1. The number of carbonyl (C=O) groups is 1. The number of ether oxygens (including phenoxy) is 1. The number of sulfonamides is 1. The molecule has 1 aromatic carbocycles. The Hall–Kier alpha value is -2.65. The van der Waals surface area contributed by atoms with Crippen LogP contribution in [-0.4, -0.2) is 61.5 Å². The van der Waals surface area contributed by atoms with E-state index in [9.17, 15) is 13.2 Å². The lowest BCUT2D eigenvalue weighted by molar-refractivity contribution is -0.140. The minimum Gasteiger partial charge on any atom is -0.497 e. The molecule has 2 fully saturated rings. The van der Waals surface area contributed by atoms with E-state index in [0.29, 0.717) is 37.7 Å². The highest BCUT2D eigenvalue weighted by Crippen LogP contribution is 2.31. The molecular formula is C26H35N3O5S. The average molecular weight is 502 g/mol. The number of likely N-dealkylation sites (tertiary alicyclic amines) is 1. The number of piperidine rings is 2. The average Bonchev–Trinajstić information content (AvgIpc) is 3.28. The van der Waals surface area contributed by atoms with Gasteiger partial charge in [0.2, 0.25) is 15.9 Å². The van der Waals surface area contributed by atoms with Gasteiger partial charge in [-0.1, -0.05) is 30.3 Å². The van der Waals surface area contributed by atoms with E-state index in [1.54, 1.807) is 26.2 Å². The Balaban J connectivity index is 1.45. The zero-order valence-corrected chi connectivity index (χ0v) is 21.6. The van der Waals surface area contributed by atoms with Crippen LogP contribution in [0.3, 0.4) is 0 Å². The van der Waals surface area contributed by atoms with Crippen LogP contribution in [0.4, 0.5) is 0 Å². The molecule has 2 saturated heterocycles. The quantitative estimate of drug-likeness (QED) is 0.560. The lowest BCUT2D eigenvalue weighted by Crippen LogP contribution is -2.49. The van der Waals surface area contributed by atoms with Crippen molar-refractivity contribution in [3.63, 3.8) is 0 Å². The van der Waals surface area contributed by atoms with Crippen molar-refractivity contribution in [1.82, 2.24) is 14.4 Å². The van der Waals surface area contributed by atoms with Crippen molar-refractivity contribution in [2.75, 3.05) is 26.7 Å². The van der Waals surface area contributed by atoms with Crippen LogP contribution in [0.5, 0.6) is 5.75 Å². The van der Waals surface area contributed by atoms with Gasteiger partial charge < -0.3 is 14.2 Å². The maximum absolute atomic E-state index is 13.5. The van der Waals surface area contributed by atoms with Crippen LogP contribution in [0, 0.1) is 12.8 Å². The van der Waals surface area contributed by atoms with Gasteiger partial charge in [0, 0.05) is 31.6 Å². The predicted molar refractivity (Wildman–Crippen MR) is 134 cm³/mol. The maximum atomic E-state index is 13.5. The molecule has 0 spiro atoms. The normalized spacial score (nSPS) is 20.4. The second kappa shape index (κ2) is 11.0. The highest BCUT2D eigenvalue weighted by atomic mass is 32.2. The first-order chi connectivity index (χ1) is 16.8. The Kier molecular flexibility index (Phi) is 7.96. The maximum Gasteiger partial charge on any atom is 0.248 e.